The van der Waals surface area contributed by atoms with Gasteiger partial charge < -0.3 is 9.26 Å². The second-order valence-corrected chi connectivity index (χ2v) is 7.31. The summed E-state index contributed by atoms with van der Waals surface area (Å²) < 4.78 is 38.4. The fourth-order valence-corrected chi connectivity index (χ4v) is 3.14. The molecule has 0 aliphatic heterocycles. The maximum Gasteiger partial charge on any atom is 0.419 e. The smallest absolute Gasteiger partial charge is 0.419 e. The summed E-state index contributed by atoms with van der Waals surface area (Å²) >= 11 is 0. The van der Waals surface area contributed by atoms with Gasteiger partial charge in [-0.1, -0.05) is 42.9 Å². The Kier molecular flexibility index (Phi) is 5.85. The molecule has 32 heavy (non-hydrogen) atoms. The van der Waals surface area contributed by atoms with Crippen LogP contribution >= 0.6 is 0 Å². The second-order valence-electron chi connectivity index (χ2n) is 7.31. The van der Waals surface area contributed by atoms with E-state index in [4.69, 9.17) is 4.52 Å². The molecule has 2 heterocycles. The van der Waals surface area contributed by atoms with E-state index in [1.165, 1.54) is 17.7 Å². The van der Waals surface area contributed by atoms with Crippen LogP contribution in [0.3, 0.4) is 0 Å². The molecule has 0 saturated carbocycles. The van der Waals surface area contributed by atoms with Gasteiger partial charge in [-0.25, -0.2) is 0 Å². The largest absolute Gasteiger partial charge is 0.429 e. The zero-order chi connectivity index (χ0) is 22.7. The second kappa shape index (κ2) is 8.74. The predicted molar refractivity (Wildman–Crippen MR) is 116 cm³/mol. The minimum absolute atomic E-state index is 0.00343. The molecule has 164 valence electrons. The Morgan fingerprint density at radius 1 is 1.09 bits per heavy atom. The maximum absolute atomic E-state index is 13.3. The zero-order valence-corrected chi connectivity index (χ0v) is 17.8. The first-order valence-electron chi connectivity index (χ1n) is 10.1. The van der Waals surface area contributed by atoms with Crippen molar-refractivity contribution in [3.63, 3.8) is 0 Å². The third kappa shape index (κ3) is 4.74. The molecule has 2 aromatic carbocycles. The number of aryl methyl sites for hydroxylation is 2. The number of hydrogen-bond donors (Lipinski definition) is 0. The van der Waals surface area contributed by atoms with Gasteiger partial charge in [0.05, 0.1) is 6.54 Å². The molecule has 0 N–H and O–H groups in total. The molecule has 2 aromatic heterocycles. The van der Waals surface area contributed by atoms with Crippen molar-refractivity contribution >= 4 is 0 Å². The van der Waals surface area contributed by atoms with Crippen LogP contribution in [0, 0.1) is 6.92 Å². The van der Waals surface area contributed by atoms with Crippen molar-refractivity contribution in [3.8, 4) is 28.7 Å². The van der Waals surface area contributed by atoms with Gasteiger partial charge in [0.25, 0.3) is 5.89 Å². The number of hydrogen-bond acceptors (Lipinski definition) is 5. The van der Waals surface area contributed by atoms with Crippen LogP contribution in [-0.2, 0) is 13.0 Å². The number of aromatic nitrogens is 4. The Morgan fingerprint density at radius 2 is 1.78 bits per heavy atom. The summed E-state index contributed by atoms with van der Waals surface area (Å²) in [6, 6.07) is 16.3. The first-order chi connectivity index (χ1) is 15.4. The summed E-state index contributed by atoms with van der Waals surface area (Å²) in [5, 5.41) is 8.58. The molecule has 0 fully saturated rings. The highest BCUT2D eigenvalue weighted by Crippen LogP contribution is 2.27. The number of halogens is 2. The molecule has 0 aliphatic carbocycles. The van der Waals surface area contributed by atoms with E-state index in [-0.39, 0.29) is 11.6 Å². The van der Waals surface area contributed by atoms with E-state index in [9.17, 15) is 8.78 Å². The molecular weight excluding hydrogens is 414 g/mol. The van der Waals surface area contributed by atoms with Gasteiger partial charge in [-0.15, -0.1) is 0 Å². The van der Waals surface area contributed by atoms with Crippen LogP contribution in [0.1, 0.15) is 23.7 Å². The van der Waals surface area contributed by atoms with E-state index in [1.807, 2.05) is 17.7 Å². The van der Waals surface area contributed by atoms with Gasteiger partial charge in [-0.3, -0.25) is 4.68 Å². The van der Waals surface area contributed by atoms with Crippen molar-refractivity contribution in [2.45, 2.75) is 32.9 Å². The van der Waals surface area contributed by atoms with Gasteiger partial charge in [-0.05, 0) is 54.8 Å². The van der Waals surface area contributed by atoms with Crippen molar-refractivity contribution in [1.82, 2.24) is 19.9 Å². The molecular formula is C24H22F2N4O2. The standard InChI is InChI=1S/C24H22F2N4O2/c1-4-17-6-8-18(9-7-17)15-30-16(3)14-21(28-30)23-27-22(29-32-23)19-10-12-20(13-11-19)31-24(25,26)5-2/h5-14H,2,4,15H2,1,3H3. The number of rotatable bonds is 8. The average Bonchev–Trinajstić information content (AvgIpc) is 3.42. The Hall–Kier alpha value is -3.81. The summed E-state index contributed by atoms with van der Waals surface area (Å²) in [5.41, 5.74) is 4.57. The molecule has 0 atom stereocenters. The van der Waals surface area contributed by atoms with E-state index in [0.717, 1.165) is 17.7 Å². The lowest BCUT2D eigenvalue weighted by Gasteiger charge is -2.13. The topological polar surface area (TPSA) is 66.0 Å². The number of nitrogens with zero attached hydrogens (tertiary/aromatic N) is 4. The number of benzene rings is 2. The molecule has 0 unspecified atom stereocenters. The average molecular weight is 436 g/mol. The number of alkyl halides is 2. The Morgan fingerprint density at radius 3 is 2.44 bits per heavy atom. The molecule has 6 nitrogen and oxygen atoms in total. The molecule has 0 radical (unpaired) electrons. The van der Waals surface area contributed by atoms with Crippen LogP contribution < -0.4 is 4.74 Å². The van der Waals surface area contributed by atoms with Crippen LogP contribution in [0.4, 0.5) is 8.78 Å². The first kappa shape index (κ1) is 21.4. The first-order valence-corrected chi connectivity index (χ1v) is 10.1. The van der Waals surface area contributed by atoms with Crippen molar-refractivity contribution in [2.75, 3.05) is 0 Å². The molecule has 8 heteroatoms. The van der Waals surface area contributed by atoms with Gasteiger partial charge in [0, 0.05) is 17.3 Å². The lowest BCUT2D eigenvalue weighted by molar-refractivity contribution is -0.131. The van der Waals surface area contributed by atoms with Gasteiger partial charge in [0.2, 0.25) is 5.82 Å². The van der Waals surface area contributed by atoms with E-state index in [0.29, 0.717) is 29.7 Å². The maximum atomic E-state index is 13.3. The Labute approximate surface area is 184 Å². The Balaban J connectivity index is 1.50. The highest BCUT2D eigenvalue weighted by atomic mass is 19.3. The fraction of sp³-hybridized carbons (Fsp3) is 0.208. The summed E-state index contributed by atoms with van der Waals surface area (Å²) in [7, 11) is 0. The molecule has 0 spiro atoms. The van der Waals surface area contributed by atoms with E-state index < -0.39 is 6.11 Å². The van der Waals surface area contributed by atoms with E-state index >= 15 is 0 Å². The minimum Gasteiger partial charge on any atom is -0.429 e. The summed E-state index contributed by atoms with van der Waals surface area (Å²) in [6.07, 6.45) is -1.99. The highest BCUT2D eigenvalue weighted by Gasteiger charge is 2.26. The normalized spacial score (nSPS) is 11.5. The van der Waals surface area contributed by atoms with Crippen LogP contribution in [0.2, 0.25) is 0 Å². The van der Waals surface area contributed by atoms with Gasteiger partial charge in [-0.2, -0.15) is 18.9 Å². The van der Waals surface area contributed by atoms with Crippen molar-refractivity contribution in [2.24, 2.45) is 0 Å². The molecule has 0 bridgehead atoms. The van der Waals surface area contributed by atoms with Crippen molar-refractivity contribution < 1.29 is 18.0 Å². The van der Waals surface area contributed by atoms with Crippen LogP contribution in [0.15, 0.2) is 71.8 Å². The molecule has 0 aliphatic rings. The number of ether oxygens (including phenoxy) is 1. The highest BCUT2D eigenvalue weighted by molar-refractivity contribution is 5.59. The van der Waals surface area contributed by atoms with Crippen molar-refractivity contribution in [3.05, 3.63) is 84.1 Å². The minimum atomic E-state index is -3.43. The lowest BCUT2D eigenvalue weighted by Crippen LogP contribution is -2.20. The van der Waals surface area contributed by atoms with Crippen molar-refractivity contribution in [1.29, 1.82) is 0 Å². The van der Waals surface area contributed by atoms with Gasteiger partial charge >= 0.3 is 6.11 Å². The Bertz CT molecular complexity index is 1210. The molecule has 4 rings (SSSR count). The predicted octanol–water partition coefficient (Wildman–Crippen LogP) is 5.68. The van der Waals surface area contributed by atoms with E-state index in [2.05, 4.69) is 57.7 Å². The third-order valence-electron chi connectivity index (χ3n) is 4.99. The zero-order valence-electron chi connectivity index (χ0n) is 17.8. The van der Waals surface area contributed by atoms with Crippen LogP contribution in [-0.4, -0.2) is 26.0 Å². The monoisotopic (exact) mass is 436 g/mol. The molecule has 0 saturated heterocycles. The van der Waals surface area contributed by atoms with E-state index in [1.54, 1.807) is 12.1 Å². The van der Waals surface area contributed by atoms with Crippen LogP contribution in [0.25, 0.3) is 23.0 Å². The lowest BCUT2D eigenvalue weighted by atomic mass is 10.1. The van der Waals surface area contributed by atoms with Crippen LogP contribution in [0.5, 0.6) is 5.75 Å². The SMILES string of the molecule is C=CC(F)(F)Oc1ccc(-c2noc(-c3cc(C)n(Cc4ccc(CC)cc4)n3)n2)cc1. The summed E-state index contributed by atoms with van der Waals surface area (Å²) in [4.78, 5) is 4.40. The van der Waals surface area contributed by atoms with Gasteiger partial charge in [0.15, 0.2) is 5.69 Å². The molecule has 4 aromatic rings. The third-order valence-corrected chi connectivity index (χ3v) is 4.99. The molecule has 0 amide bonds. The summed E-state index contributed by atoms with van der Waals surface area (Å²) in [6.45, 7) is 7.77. The summed E-state index contributed by atoms with van der Waals surface area (Å²) in [5.74, 6) is 0.606. The fourth-order valence-electron chi connectivity index (χ4n) is 3.14. The van der Waals surface area contributed by atoms with Gasteiger partial charge in [0.1, 0.15) is 5.75 Å². The quantitative estimate of drug-likeness (QED) is 0.333.